The number of rotatable bonds is 2. The summed E-state index contributed by atoms with van der Waals surface area (Å²) in [5.41, 5.74) is 2.54. The molecule has 0 aliphatic heterocycles. The van der Waals surface area contributed by atoms with Crippen molar-refractivity contribution in [3.63, 3.8) is 0 Å². The number of hydrogen-bond donors (Lipinski definition) is 1. The molecule has 0 radical (unpaired) electrons. The first kappa shape index (κ1) is 11.6. The molecule has 1 aliphatic rings. The normalized spacial score (nSPS) is 15.0. The van der Waals surface area contributed by atoms with E-state index in [0.717, 1.165) is 17.0 Å². The molecular formula is C14H12FN3O. The van der Waals surface area contributed by atoms with Crippen molar-refractivity contribution in [1.29, 1.82) is 0 Å². The van der Waals surface area contributed by atoms with Crippen LogP contribution in [0.2, 0.25) is 0 Å². The molecule has 0 spiro atoms. The van der Waals surface area contributed by atoms with Crippen LogP contribution in [0.1, 0.15) is 18.5 Å². The molecule has 0 unspecified atom stereocenters. The van der Waals surface area contributed by atoms with Crippen molar-refractivity contribution in [2.75, 3.05) is 0 Å². The lowest BCUT2D eigenvalue weighted by Crippen LogP contribution is -1.93. The molecular weight excluding hydrogens is 245 g/mol. The van der Waals surface area contributed by atoms with Crippen LogP contribution in [-0.2, 0) is 0 Å². The van der Waals surface area contributed by atoms with E-state index in [2.05, 4.69) is 10.3 Å². The summed E-state index contributed by atoms with van der Waals surface area (Å²) in [6.45, 7) is 0. The molecule has 0 amide bonds. The van der Waals surface area contributed by atoms with E-state index in [-0.39, 0.29) is 11.6 Å². The summed E-state index contributed by atoms with van der Waals surface area (Å²) < 4.78 is 14.6. The highest BCUT2D eigenvalue weighted by molar-refractivity contribution is 5.65. The molecule has 5 heteroatoms. The maximum absolute atomic E-state index is 12.9. The third-order valence-corrected chi connectivity index (χ3v) is 3.04. The van der Waals surface area contributed by atoms with Gasteiger partial charge in [-0.15, -0.1) is 5.10 Å². The molecule has 1 aromatic heterocycles. The van der Waals surface area contributed by atoms with Gasteiger partial charge in [-0.05, 0) is 42.3 Å². The Morgan fingerprint density at radius 3 is 2.58 bits per heavy atom. The summed E-state index contributed by atoms with van der Waals surface area (Å²) >= 11 is 0. The Labute approximate surface area is 109 Å². The van der Waals surface area contributed by atoms with Gasteiger partial charge in [-0.1, -0.05) is 11.3 Å². The zero-order valence-corrected chi connectivity index (χ0v) is 10.1. The number of allylic oxidation sites excluding steroid dienone is 4. The lowest BCUT2D eigenvalue weighted by molar-refractivity contribution is 0.475. The van der Waals surface area contributed by atoms with E-state index in [1.54, 1.807) is 41.2 Å². The van der Waals surface area contributed by atoms with Crippen molar-refractivity contribution in [3.8, 4) is 11.4 Å². The molecule has 2 aromatic rings. The van der Waals surface area contributed by atoms with E-state index >= 15 is 0 Å². The van der Waals surface area contributed by atoms with Crippen LogP contribution < -0.4 is 0 Å². The van der Waals surface area contributed by atoms with E-state index in [1.807, 2.05) is 0 Å². The van der Waals surface area contributed by atoms with Crippen LogP contribution in [0.15, 0.2) is 48.4 Å². The van der Waals surface area contributed by atoms with E-state index in [0.29, 0.717) is 12.8 Å². The number of phenolic OH excluding ortho intramolecular Hbond substituents is 1. The lowest BCUT2D eigenvalue weighted by atomic mass is 10.0. The SMILES string of the molecule is Oc1ccc(-n2cc(C3=CC=C(F)CC3)nn2)cc1. The van der Waals surface area contributed by atoms with E-state index in [9.17, 15) is 9.50 Å². The molecule has 1 N–H and O–H groups in total. The molecule has 0 bridgehead atoms. The Kier molecular flexibility index (Phi) is 2.87. The second kappa shape index (κ2) is 4.68. The zero-order valence-electron chi connectivity index (χ0n) is 10.1. The second-order valence-corrected chi connectivity index (χ2v) is 4.37. The molecule has 4 nitrogen and oxygen atoms in total. The fourth-order valence-corrected chi connectivity index (χ4v) is 1.97. The zero-order chi connectivity index (χ0) is 13.2. The smallest absolute Gasteiger partial charge is 0.115 e. The molecule has 0 saturated carbocycles. The van der Waals surface area contributed by atoms with Crippen molar-refractivity contribution >= 4 is 5.57 Å². The average molecular weight is 257 g/mol. The van der Waals surface area contributed by atoms with Crippen LogP contribution in [0.5, 0.6) is 5.75 Å². The highest BCUT2D eigenvalue weighted by Gasteiger charge is 2.11. The fourth-order valence-electron chi connectivity index (χ4n) is 1.97. The molecule has 96 valence electrons. The molecule has 1 aliphatic carbocycles. The van der Waals surface area contributed by atoms with Crippen LogP contribution in [0.3, 0.4) is 0 Å². The number of phenols is 1. The highest BCUT2D eigenvalue weighted by Crippen LogP contribution is 2.26. The van der Waals surface area contributed by atoms with Gasteiger partial charge in [0, 0.05) is 6.42 Å². The summed E-state index contributed by atoms with van der Waals surface area (Å²) in [6, 6.07) is 6.69. The lowest BCUT2D eigenvalue weighted by Gasteiger charge is -2.06. The number of aromatic nitrogens is 3. The summed E-state index contributed by atoms with van der Waals surface area (Å²) in [5, 5.41) is 17.4. The van der Waals surface area contributed by atoms with Gasteiger partial charge >= 0.3 is 0 Å². The number of halogens is 1. The van der Waals surface area contributed by atoms with Crippen LogP contribution >= 0.6 is 0 Å². The first-order valence-corrected chi connectivity index (χ1v) is 6.00. The molecule has 19 heavy (non-hydrogen) atoms. The Bertz CT molecular complexity index is 656. The Morgan fingerprint density at radius 2 is 1.89 bits per heavy atom. The standard InChI is InChI=1S/C14H12FN3O/c15-11-3-1-10(2-4-11)14-9-18(17-16-14)12-5-7-13(19)8-6-12/h1,3,5-9,19H,2,4H2. The Hall–Kier alpha value is -2.43. The molecule has 0 fully saturated rings. The molecule has 3 rings (SSSR count). The molecule has 0 saturated heterocycles. The minimum atomic E-state index is -0.102. The monoisotopic (exact) mass is 257 g/mol. The maximum Gasteiger partial charge on any atom is 0.115 e. The number of benzene rings is 1. The van der Waals surface area contributed by atoms with Gasteiger partial charge in [-0.3, -0.25) is 0 Å². The van der Waals surface area contributed by atoms with Gasteiger partial charge in [-0.2, -0.15) is 0 Å². The third kappa shape index (κ3) is 2.40. The molecule has 1 aromatic carbocycles. The van der Waals surface area contributed by atoms with Crippen molar-refractivity contribution in [2.45, 2.75) is 12.8 Å². The summed E-state index contributed by atoms with van der Waals surface area (Å²) in [6.07, 6.45) is 6.06. The van der Waals surface area contributed by atoms with Crippen molar-refractivity contribution < 1.29 is 9.50 Å². The van der Waals surface area contributed by atoms with Gasteiger partial charge in [0.15, 0.2) is 0 Å². The van der Waals surface area contributed by atoms with Gasteiger partial charge in [0.25, 0.3) is 0 Å². The maximum atomic E-state index is 12.9. The highest BCUT2D eigenvalue weighted by atomic mass is 19.1. The van der Waals surface area contributed by atoms with E-state index in [4.69, 9.17) is 0 Å². The summed E-state index contributed by atoms with van der Waals surface area (Å²) in [5.74, 6) is 0.106. The van der Waals surface area contributed by atoms with Crippen LogP contribution in [-0.4, -0.2) is 20.1 Å². The van der Waals surface area contributed by atoms with Gasteiger partial charge in [-0.25, -0.2) is 9.07 Å². The predicted octanol–water partition coefficient (Wildman–Crippen LogP) is 3.00. The van der Waals surface area contributed by atoms with Crippen molar-refractivity contribution in [2.24, 2.45) is 0 Å². The van der Waals surface area contributed by atoms with Crippen LogP contribution in [0, 0.1) is 0 Å². The predicted molar refractivity (Wildman–Crippen MR) is 69.4 cm³/mol. The minimum absolute atomic E-state index is 0.102. The van der Waals surface area contributed by atoms with Crippen LogP contribution in [0.4, 0.5) is 4.39 Å². The van der Waals surface area contributed by atoms with E-state index in [1.165, 1.54) is 6.08 Å². The quantitative estimate of drug-likeness (QED) is 0.899. The molecule has 1 heterocycles. The Morgan fingerprint density at radius 1 is 1.11 bits per heavy atom. The van der Waals surface area contributed by atoms with Gasteiger partial charge in [0.1, 0.15) is 17.3 Å². The Balaban J connectivity index is 1.89. The van der Waals surface area contributed by atoms with Crippen molar-refractivity contribution in [1.82, 2.24) is 15.0 Å². The summed E-state index contributed by atoms with van der Waals surface area (Å²) in [7, 11) is 0. The largest absolute Gasteiger partial charge is 0.508 e. The van der Waals surface area contributed by atoms with Gasteiger partial charge in [0.2, 0.25) is 0 Å². The number of hydrogen-bond acceptors (Lipinski definition) is 3. The average Bonchev–Trinajstić information content (AvgIpc) is 2.90. The second-order valence-electron chi connectivity index (χ2n) is 4.37. The summed E-state index contributed by atoms with van der Waals surface area (Å²) in [4.78, 5) is 0. The molecule has 0 atom stereocenters. The topological polar surface area (TPSA) is 50.9 Å². The number of aromatic hydroxyl groups is 1. The third-order valence-electron chi connectivity index (χ3n) is 3.04. The van der Waals surface area contributed by atoms with Crippen molar-refractivity contribution in [3.05, 3.63) is 54.1 Å². The van der Waals surface area contributed by atoms with Gasteiger partial charge < -0.3 is 5.11 Å². The minimum Gasteiger partial charge on any atom is -0.508 e. The first-order chi connectivity index (χ1) is 9.22. The van der Waals surface area contributed by atoms with E-state index < -0.39 is 0 Å². The van der Waals surface area contributed by atoms with Gasteiger partial charge in [0.05, 0.1) is 11.9 Å². The van der Waals surface area contributed by atoms with Crippen LogP contribution in [0.25, 0.3) is 11.3 Å². The fraction of sp³-hybridized carbons (Fsp3) is 0.143. The first-order valence-electron chi connectivity index (χ1n) is 6.00. The number of nitrogens with zero attached hydrogens (tertiary/aromatic N) is 3.